The third-order valence-corrected chi connectivity index (χ3v) is 5.55. The first-order chi connectivity index (χ1) is 8.38. The Hall–Kier alpha value is -1.35. The van der Waals surface area contributed by atoms with Crippen molar-refractivity contribution in [3.63, 3.8) is 0 Å². The first-order valence-corrected chi connectivity index (χ1v) is 6.45. The van der Waals surface area contributed by atoms with Gasteiger partial charge in [-0.25, -0.2) is 4.79 Å². The molecule has 1 N–H and O–H groups in total. The van der Waals surface area contributed by atoms with E-state index in [1.165, 1.54) is 0 Å². The molecule has 18 heavy (non-hydrogen) atoms. The summed E-state index contributed by atoms with van der Waals surface area (Å²) < 4.78 is 5.31. The van der Waals surface area contributed by atoms with Gasteiger partial charge in [0.1, 0.15) is 5.76 Å². The van der Waals surface area contributed by atoms with Gasteiger partial charge in [-0.2, -0.15) is 0 Å². The lowest BCUT2D eigenvalue weighted by molar-refractivity contribution is -0.133. The standard InChI is InChI=1S/C15H16O3/c1-7-10-5-15(17)8(2)9-4-11(9)14(15,3)6-12(10)18-13(7)16/h6,9,11,17H,2,4-5H2,1,3H3. The molecule has 0 saturated heterocycles. The molecule has 0 spiro atoms. The zero-order valence-electron chi connectivity index (χ0n) is 10.6. The lowest BCUT2D eigenvalue weighted by atomic mass is 9.64. The summed E-state index contributed by atoms with van der Waals surface area (Å²) in [6.45, 7) is 7.95. The molecule has 94 valence electrons. The quantitative estimate of drug-likeness (QED) is 0.524. The number of fused-ring (bicyclic) bond motifs is 4. The minimum atomic E-state index is -0.894. The van der Waals surface area contributed by atoms with Crippen LogP contribution in [0.25, 0.3) is 0 Å². The van der Waals surface area contributed by atoms with Crippen molar-refractivity contribution in [2.75, 3.05) is 0 Å². The smallest absolute Gasteiger partial charge is 0.339 e. The first kappa shape index (κ1) is 10.6. The summed E-state index contributed by atoms with van der Waals surface area (Å²) in [5.74, 6) is 1.31. The number of hydrogen-bond acceptors (Lipinski definition) is 3. The summed E-state index contributed by atoms with van der Waals surface area (Å²) in [7, 11) is 0. The number of aliphatic hydroxyl groups is 1. The maximum Gasteiger partial charge on any atom is 0.339 e. The normalized spacial score (nSPS) is 48.5. The Bertz CT molecular complexity index is 583. The van der Waals surface area contributed by atoms with E-state index in [1.54, 1.807) is 6.92 Å². The monoisotopic (exact) mass is 244 g/mol. The Balaban J connectivity index is 1.94. The Morgan fingerprint density at radius 2 is 2.28 bits per heavy atom. The number of hydrogen-bond donors (Lipinski definition) is 1. The molecule has 1 aliphatic heterocycles. The fourth-order valence-corrected chi connectivity index (χ4v) is 4.14. The van der Waals surface area contributed by atoms with Crippen LogP contribution in [0.15, 0.2) is 35.1 Å². The van der Waals surface area contributed by atoms with Crippen molar-refractivity contribution in [1.29, 1.82) is 0 Å². The van der Waals surface area contributed by atoms with Crippen LogP contribution >= 0.6 is 0 Å². The van der Waals surface area contributed by atoms with Crippen molar-refractivity contribution < 1.29 is 14.6 Å². The largest absolute Gasteiger partial charge is 0.423 e. The molecule has 0 aromatic rings. The molecule has 0 aromatic heterocycles. The molecule has 2 saturated carbocycles. The third-order valence-electron chi connectivity index (χ3n) is 5.55. The van der Waals surface area contributed by atoms with Crippen molar-refractivity contribution in [3.8, 4) is 0 Å². The fraction of sp³-hybridized carbons (Fsp3) is 0.533. The maximum absolute atomic E-state index is 11.6. The molecule has 4 rings (SSSR count). The van der Waals surface area contributed by atoms with Gasteiger partial charge in [0.05, 0.1) is 5.60 Å². The van der Waals surface area contributed by atoms with Crippen molar-refractivity contribution >= 4 is 5.97 Å². The van der Waals surface area contributed by atoms with E-state index in [9.17, 15) is 9.90 Å². The average molecular weight is 244 g/mol. The minimum absolute atomic E-state index is 0.276. The van der Waals surface area contributed by atoms with Crippen molar-refractivity contribution in [2.24, 2.45) is 17.3 Å². The molecule has 3 nitrogen and oxygen atoms in total. The highest BCUT2D eigenvalue weighted by Crippen LogP contribution is 2.72. The van der Waals surface area contributed by atoms with Gasteiger partial charge in [0.15, 0.2) is 0 Å². The summed E-state index contributed by atoms with van der Waals surface area (Å²) in [6.07, 6.45) is 3.55. The van der Waals surface area contributed by atoms with E-state index in [4.69, 9.17) is 4.74 Å². The van der Waals surface area contributed by atoms with E-state index in [1.807, 2.05) is 6.08 Å². The number of rotatable bonds is 0. The van der Waals surface area contributed by atoms with Gasteiger partial charge in [0.2, 0.25) is 0 Å². The Morgan fingerprint density at radius 3 is 3.00 bits per heavy atom. The van der Waals surface area contributed by atoms with Crippen LogP contribution in [0, 0.1) is 17.3 Å². The van der Waals surface area contributed by atoms with Crippen LogP contribution in [0.1, 0.15) is 26.7 Å². The highest BCUT2D eigenvalue weighted by molar-refractivity contribution is 5.94. The lowest BCUT2D eigenvalue weighted by Gasteiger charge is -2.44. The van der Waals surface area contributed by atoms with Gasteiger partial charge < -0.3 is 9.84 Å². The topological polar surface area (TPSA) is 46.5 Å². The second-order valence-electron chi connectivity index (χ2n) is 6.30. The zero-order chi connectivity index (χ0) is 12.9. The molecule has 2 fully saturated rings. The lowest BCUT2D eigenvalue weighted by Crippen LogP contribution is -2.47. The molecule has 0 aromatic carbocycles. The molecule has 1 heterocycles. The molecular formula is C15H16O3. The molecular weight excluding hydrogens is 228 g/mol. The molecule has 0 bridgehead atoms. The van der Waals surface area contributed by atoms with Crippen LogP contribution in [0.5, 0.6) is 0 Å². The van der Waals surface area contributed by atoms with Gasteiger partial charge >= 0.3 is 5.97 Å². The number of esters is 1. The van der Waals surface area contributed by atoms with Crippen molar-refractivity contribution in [1.82, 2.24) is 0 Å². The van der Waals surface area contributed by atoms with E-state index >= 15 is 0 Å². The van der Waals surface area contributed by atoms with Crippen molar-refractivity contribution in [3.05, 3.63) is 35.1 Å². The molecule has 0 radical (unpaired) electrons. The molecule has 0 amide bonds. The second-order valence-corrected chi connectivity index (χ2v) is 6.30. The minimum Gasteiger partial charge on any atom is -0.423 e. The summed E-state index contributed by atoms with van der Waals surface area (Å²) in [5, 5.41) is 11.0. The fourth-order valence-electron chi connectivity index (χ4n) is 4.14. The maximum atomic E-state index is 11.6. The van der Waals surface area contributed by atoms with E-state index in [0.29, 0.717) is 29.6 Å². The Kier molecular flexibility index (Phi) is 1.55. The Labute approximate surface area is 106 Å². The first-order valence-electron chi connectivity index (χ1n) is 6.45. The van der Waals surface area contributed by atoms with Gasteiger partial charge in [0, 0.05) is 23.0 Å². The highest BCUT2D eigenvalue weighted by atomic mass is 16.5. The van der Waals surface area contributed by atoms with Crippen LogP contribution in [0.3, 0.4) is 0 Å². The summed E-state index contributed by atoms with van der Waals surface area (Å²) >= 11 is 0. The van der Waals surface area contributed by atoms with E-state index < -0.39 is 5.60 Å². The number of ether oxygens (including phenoxy) is 1. The van der Waals surface area contributed by atoms with Crippen LogP contribution in [0.4, 0.5) is 0 Å². The van der Waals surface area contributed by atoms with E-state index in [0.717, 1.165) is 17.6 Å². The SMILES string of the molecule is C=C1C2CC2C2(C)C=C3OC(=O)C(C)=C3CC12O. The van der Waals surface area contributed by atoms with Gasteiger partial charge in [-0.1, -0.05) is 13.5 Å². The molecule has 4 aliphatic rings. The Morgan fingerprint density at radius 1 is 1.56 bits per heavy atom. The van der Waals surface area contributed by atoms with Crippen LogP contribution in [-0.2, 0) is 9.53 Å². The van der Waals surface area contributed by atoms with Gasteiger partial charge in [-0.3, -0.25) is 0 Å². The van der Waals surface area contributed by atoms with E-state index in [-0.39, 0.29) is 11.4 Å². The summed E-state index contributed by atoms with van der Waals surface area (Å²) in [5.41, 5.74) is 1.23. The molecule has 3 heteroatoms. The predicted octanol–water partition coefficient (Wildman–Crippen LogP) is 2.09. The van der Waals surface area contributed by atoms with Gasteiger partial charge in [-0.15, -0.1) is 0 Å². The summed E-state index contributed by atoms with van der Waals surface area (Å²) in [4.78, 5) is 11.6. The number of carbonyl (C=O) groups excluding carboxylic acids is 1. The highest BCUT2D eigenvalue weighted by Gasteiger charge is 2.71. The van der Waals surface area contributed by atoms with Gasteiger partial charge in [-0.05, 0) is 36.8 Å². The molecule has 4 atom stereocenters. The van der Waals surface area contributed by atoms with Gasteiger partial charge in [0.25, 0.3) is 0 Å². The predicted molar refractivity (Wildman–Crippen MR) is 65.3 cm³/mol. The second kappa shape index (κ2) is 2.64. The third kappa shape index (κ3) is 0.881. The van der Waals surface area contributed by atoms with E-state index in [2.05, 4.69) is 13.5 Å². The van der Waals surface area contributed by atoms with Crippen LogP contribution in [-0.4, -0.2) is 16.7 Å². The summed E-state index contributed by atoms with van der Waals surface area (Å²) in [6, 6.07) is 0. The van der Waals surface area contributed by atoms with Crippen LogP contribution < -0.4 is 0 Å². The molecule has 3 aliphatic carbocycles. The molecule has 4 unspecified atom stereocenters. The average Bonchev–Trinajstić information content (AvgIpc) is 3.03. The number of allylic oxidation sites excluding steroid dienone is 1. The van der Waals surface area contributed by atoms with Crippen molar-refractivity contribution in [2.45, 2.75) is 32.3 Å². The number of carbonyl (C=O) groups is 1. The van der Waals surface area contributed by atoms with Crippen LogP contribution in [0.2, 0.25) is 0 Å². The zero-order valence-corrected chi connectivity index (χ0v) is 10.6.